The molecule has 30 heavy (non-hydrogen) atoms. The summed E-state index contributed by atoms with van der Waals surface area (Å²) in [5, 5.41) is 0. The predicted molar refractivity (Wildman–Crippen MR) is 112 cm³/mol. The van der Waals surface area contributed by atoms with Gasteiger partial charge in [-0.25, -0.2) is 4.39 Å². The Morgan fingerprint density at radius 1 is 0.667 bits per heavy atom. The van der Waals surface area contributed by atoms with Gasteiger partial charge in [-0.05, 0) is 41.8 Å². The Labute approximate surface area is 172 Å². The Morgan fingerprint density at radius 3 is 1.90 bits per heavy atom. The highest BCUT2D eigenvalue weighted by Gasteiger charge is 2.39. The van der Waals surface area contributed by atoms with Gasteiger partial charge in [0.05, 0.1) is 22.5 Å². The third-order valence-electron chi connectivity index (χ3n) is 6.13. The quantitative estimate of drug-likeness (QED) is 0.388. The second-order valence-corrected chi connectivity index (χ2v) is 7.72. The zero-order chi connectivity index (χ0) is 20.4. The zero-order valence-electron chi connectivity index (χ0n) is 16.0. The molecule has 3 aromatic carbocycles. The predicted octanol–water partition coefficient (Wildman–Crippen LogP) is 5.29. The maximum absolute atomic E-state index is 13.6. The molecule has 0 saturated heterocycles. The molecule has 6 rings (SSSR count). The van der Waals surface area contributed by atoms with E-state index < -0.39 is 0 Å². The van der Waals surface area contributed by atoms with Crippen LogP contribution < -0.4 is 0 Å². The fourth-order valence-electron chi connectivity index (χ4n) is 4.82. The van der Waals surface area contributed by atoms with Crippen LogP contribution in [0.2, 0.25) is 0 Å². The van der Waals surface area contributed by atoms with E-state index in [1.165, 1.54) is 12.1 Å². The first-order valence-corrected chi connectivity index (χ1v) is 9.94. The molecule has 4 heteroatoms. The molecular weight excluding hydrogens is 377 g/mol. The van der Waals surface area contributed by atoms with Gasteiger partial charge >= 0.3 is 0 Å². The minimum absolute atomic E-state index is 0.131. The minimum Gasteiger partial charge on any atom is -0.339 e. The third kappa shape index (κ3) is 2.19. The Bertz CT molecular complexity index is 1380. The van der Waals surface area contributed by atoms with Crippen molar-refractivity contribution in [1.82, 2.24) is 4.57 Å². The summed E-state index contributed by atoms with van der Waals surface area (Å²) in [5.74, 6) is -0.621. The van der Waals surface area contributed by atoms with Gasteiger partial charge in [-0.15, -0.1) is 0 Å². The van der Waals surface area contributed by atoms with E-state index in [-0.39, 0.29) is 17.4 Å². The number of hydrogen-bond acceptors (Lipinski definition) is 2. The molecule has 1 aliphatic heterocycles. The molecule has 144 valence electrons. The second kappa shape index (κ2) is 6.10. The molecule has 0 fully saturated rings. The van der Waals surface area contributed by atoms with E-state index in [9.17, 15) is 14.0 Å². The van der Waals surface area contributed by atoms with E-state index in [2.05, 4.69) is 10.6 Å². The SMILES string of the molecule is O=C1c2ccccc2C(=O)c2c1c(-c1ccc(F)cc1)n1c2-c2ccccc2CC1. The first-order valence-electron chi connectivity index (χ1n) is 9.94. The third-order valence-corrected chi connectivity index (χ3v) is 6.13. The van der Waals surface area contributed by atoms with Crippen LogP contribution in [0.3, 0.4) is 0 Å². The van der Waals surface area contributed by atoms with Crippen LogP contribution in [0.5, 0.6) is 0 Å². The standard InChI is InChI=1S/C26H16FNO2/c27-17-11-9-16(10-12-17)23-21-22(26(30)20-8-4-3-7-19(20)25(21)29)24-18-6-2-1-5-15(18)13-14-28(23)24/h1-12H,13-14H2. The summed E-state index contributed by atoms with van der Waals surface area (Å²) in [5.41, 5.74) is 6.12. The molecule has 0 spiro atoms. The maximum atomic E-state index is 13.6. The largest absolute Gasteiger partial charge is 0.339 e. The summed E-state index contributed by atoms with van der Waals surface area (Å²) in [7, 11) is 0. The van der Waals surface area contributed by atoms with Crippen LogP contribution in [0.15, 0.2) is 72.8 Å². The highest BCUT2D eigenvalue weighted by Crippen LogP contribution is 2.45. The van der Waals surface area contributed by atoms with E-state index in [1.54, 1.807) is 36.4 Å². The summed E-state index contributed by atoms with van der Waals surface area (Å²) >= 11 is 0. The maximum Gasteiger partial charge on any atom is 0.196 e. The molecule has 3 nitrogen and oxygen atoms in total. The number of rotatable bonds is 1. The number of aromatic nitrogens is 1. The number of hydrogen-bond donors (Lipinski definition) is 0. The lowest BCUT2D eigenvalue weighted by atomic mass is 9.82. The van der Waals surface area contributed by atoms with Crippen LogP contribution in [0.4, 0.5) is 4.39 Å². The van der Waals surface area contributed by atoms with E-state index in [0.29, 0.717) is 34.5 Å². The first-order chi connectivity index (χ1) is 14.6. The number of ketones is 2. The van der Waals surface area contributed by atoms with Crippen molar-refractivity contribution in [1.29, 1.82) is 0 Å². The Kier molecular flexibility index (Phi) is 3.48. The Balaban J connectivity index is 1.75. The molecule has 0 atom stereocenters. The van der Waals surface area contributed by atoms with Crippen molar-refractivity contribution in [2.75, 3.05) is 0 Å². The van der Waals surface area contributed by atoms with Crippen molar-refractivity contribution >= 4 is 11.6 Å². The molecule has 0 amide bonds. The van der Waals surface area contributed by atoms with Gasteiger partial charge in [-0.3, -0.25) is 9.59 Å². The lowest BCUT2D eigenvalue weighted by Gasteiger charge is -2.22. The first kappa shape index (κ1) is 17.1. The van der Waals surface area contributed by atoms with Crippen molar-refractivity contribution in [3.05, 3.63) is 106 Å². The number of halogens is 1. The van der Waals surface area contributed by atoms with Crippen LogP contribution in [0.1, 0.15) is 37.4 Å². The van der Waals surface area contributed by atoms with Gasteiger partial charge in [0.1, 0.15) is 5.82 Å². The molecular formula is C26H16FNO2. The van der Waals surface area contributed by atoms with E-state index in [0.717, 1.165) is 28.8 Å². The van der Waals surface area contributed by atoms with Crippen molar-refractivity contribution in [2.24, 2.45) is 0 Å². The average Bonchev–Trinajstić information content (AvgIpc) is 3.14. The number of fused-ring (bicyclic) bond motifs is 6. The highest BCUT2D eigenvalue weighted by molar-refractivity contribution is 6.32. The van der Waals surface area contributed by atoms with E-state index in [1.807, 2.05) is 18.2 Å². The monoisotopic (exact) mass is 393 g/mol. The van der Waals surface area contributed by atoms with Crippen molar-refractivity contribution < 1.29 is 14.0 Å². The molecule has 1 aliphatic carbocycles. The highest BCUT2D eigenvalue weighted by atomic mass is 19.1. The number of carbonyl (C=O) groups is 2. The molecule has 0 radical (unpaired) electrons. The topological polar surface area (TPSA) is 39.1 Å². The summed E-state index contributed by atoms with van der Waals surface area (Å²) in [6, 6.07) is 21.1. The van der Waals surface area contributed by atoms with E-state index >= 15 is 0 Å². The minimum atomic E-state index is -0.337. The molecule has 1 aromatic heterocycles. The lowest BCUT2D eigenvalue weighted by molar-refractivity contribution is 0.0981. The van der Waals surface area contributed by atoms with Crippen LogP contribution in [0, 0.1) is 5.82 Å². The number of nitrogens with zero attached hydrogens (tertiary/aromatic N) is 1. The summed E-state index contributed by atoms with van der Waals surface area (Å²) in [6.07, 6.45) is 0.806. The summed E-state index contributed by atoms with van der Waals surface area (Å²) in [4.78, 5) is 27.2. The van der Waals surface area contributed by atoms with Gasteiger partial charge < -0.3 is 4.57 Å². The Hall–Kier alpha value is -3.79. The lowest BCUT2D eigenvalue weighted by Crippen LogP contribution is -2.20. The van der Waals surface area contributed by atoms with Gasteiger partial charge in [0.25, 0.3) is 0 Å². The molecule has 0 saturated carbocycles. The van der Waals surface area contributed by atoms with Crippen molar-refractivity contribution in [2.45, 2.75) is 13.0 Å². The second-order valence-electron chi connectivity index (χ2n) is 7.72. The normalized spacial score (nSPS) is 14.0. The molecule has 2 heterocycles. The van der Waals surface area contributed by atoms with Crippen LogP contribution in [-0.2, 0) is 13.0 Å². The average molecular weight is 393 g/mol. The molecule has 4 aromatic rings. The zero-order valence-corrected chi connectivity index (χ0v) is 16.0. The van der Waals surface area contributed by atoms with Gasteiger partial charge in [0.2, 0.25) is 0 Å². The summed E-state index contributed by atoms with van der Waals surface area (Å²) in [6.45, 7) is 0.656. The van der Waals surface area contributed by atoms with Crippen molar-refractivity contribution in [3.63, 3.8) is 0 Å². The van der Waals surface area contributed by atoms with Gasteiger partial charge in [-0.2, -0.15) is 0 Å². The smallest absolute Gasteiger partial charge is 0.196 e. The van der Waals surface area contributed by atoms with Crippen LogP contribution >= 0.6 is 0 Å². The molecule has 0 unspecified atom stereocenters. The number of carbonyl (C=O) groups excluding carboxylic acids is 2. The molecule has 2 aliphatic rings. The number of benzene rings is 3. The van der Waals surface area contributed by atoms with Gasteiger partial charge in [-0.1, -0.05) is 48.5 Å². The fraction of sp³-hybridized carbons (Fsp3) is 0.0769. The fourth-order valence-corrected chi connectivity index (χ4v) is 4.82. The van der Waals surface area contributed by atoms with E-state index in [4.69, 9.17) is 0 Å². The molecule has 0 N–H and O–H groups in total. The van der Waals surface area contributed by atoms with Crippen LogP contribution in [0.25, 0.3) is 22.5 Å². The van der Waals surface area contributed by atoms with Crippen LogP contribution in [-0.4, -0.2) is 16.1 Å². The van der Waals surface area contributed by atoms with Gasteiger partial charge in [0, 0.05) is 23.2 Å². The van der Waals surface area contributed by atoms with Gasteiger partial charge in [0.15, 0.2) is 11.6 Å². The Morgan fingerprint density at radius 2 is 1.23 bits per heavy atom. The summed E-state index contributed by atoms with van der Waals surface area (Å²) < 4.78 is 15.7. The van der Waals surface area contributed by atoms with Crippen molar-refractivity contribution in [3.8, 4) is 22.5 Å². The molecule has 0 bridgehead atoms. The number of aryl methyl sites for hydroxylation is 1.